The molecule has 1 aliphatic carbocycles. The molecule has 3 unspecified atom stereocenters. The molecule has 3 heteroatoms. The van der Waals surface area contributed by atoms with Crippen LogP contribution in [0, 0.1) is 18.7 Å². The molecule has 1 aliphatic rings. The molecule has 106 valence electrons. The maximum atomic E-state index is 13.8. The molecule has 1 aromatic carbocycles. The summed E-state index contributed by atoms with van der Waals surface area (Å²) in [6.45, 7) is 7.22. The van der Waals surface area contributed by atoms with Gasteiger partial charge in [0, 0.05) is 6.04 Å². The van der Waals surface area contributed by atoms with Crippen LogP contribution in [0.2, 0.25) is 0 Å². The molecule has 1 saturated carbocycles. The first kappa shape index (κ1) is 14.3. The third kappa shape index (κ3) is 3.69. The van der Waals surface area contributed by atoms with E-state index in [1.165, 1.54) is 12.5 Å². The molecule has 0 bridgehead atoms. The Morgan fingerprint density at radius 2 is 2.16 bits per heavy atom. The third-order valence-corrected chi connectivity index (χ3v) is 3.89. The lowest BCUT2D eigenvalue weighted by molar-refractivity contribution is 0.0877. The van der Waals surface area contributed by atoms with E-state index in [1.807, 2.05) is 6.92 Å². The lowest BCUT2D eigenvalue weighted by Gasteiger charge is -2.35. The third-order valence-electron chi connectivity index (χ3n) is 3.89. The van der Waals surface area contributed by atoms with E-state index in [0.717, 1.165) is 24.9 Å². The zero-order valence-corrected chi connectivity index (χ0v) is 12.1. The predicted octanol–water partition coefficient (Wildman–Crippen LogP) is 3.68. The Kier molecular flexibility index (Phi) is 4.81. The normalized spacial score (nSPS) is 27.3. The molecular weight excluding hydrogens is 241 g/mol. The quantitative estimate of drug-likeness (QED) is 0.896. The van der Waals surface area contributed by atoms with E-state index in [-0.39, 0.29) is 11.9 Å². The SMILES string of the molecule is CCNC1CCC(C)CC1Oc1cc(C)ccc1F. The van der Waals surface area contributed by atoms with Gasteiger partial charge in [0.1, 0.15) is 6.10 Å². The minimum Gasteiger partial charge on any atom is -0.486 e. The number of ether oxygens (including phenoxy) is 1. The molecule has 1 fully saturated rings. The van der Waals surface area contributed by atoms with Gasteiger partial charge >= 0.3 is 0 Å². The highest BCUT2D eigenvalue weighted by Crippen LogP contribution is 2.29. The molecule has 0 amide bonds. The van der Waals surface area contributed by atoms with Crippen LogP contribution in [0.25, 0.3) is 0 Å². The van der Waals surface area contributed by atoms with Crippen molar-refractivity contribution in [3.63, 3.8) is 0 Å². The van der Waals surface area contributed by atoms with Crippen LogP contribution in [0.15, 0.2) is 18.2 Å². The Morgan fingerprint density at radius 1 is 1.37 bits per heavy atom. The van der Waals surface area contributed by atoms with Gasteiger partial charge in [0.15, 0.2) is 11.6 Å². The first-order chi connectivity index (χ1) is 9.10. The van der Waals surface area contributed by atoms with Gasteiger partial charge in [-0.1, -0.05) is 19.9 Å². The van der Waals surface area contributed by atoms with Crippen molar-refractivity contribution in [1.29, 1.82) is 0 Å². The molecule has 0 heterocycles. The van der Waals surface area contributed by atoms with Gasteiger partial charge in [0.2, 0.25) is 0 Å². The van der Waals surface area contributed by atoms with E-state index in [1.54, 1.807) is 12.1 Å². The minimum absolute atomic E-state index is 0.0694. The molecule has 1 aromatic rings. The van der Waals surface area contributed by atoms with Crippen molar-refractivity contribution in [2.75, 3.05) is 6.54 Å². The Labute approximate surface area is 115 Å². The fraction of sp³-hybridized carbons (Fsp3) is 0.625. The van der Waals surface area contributed by atoms with Crippen molar-refractivity contribution in [1.82, 2.24) is 5.32 Å². The van der Waals surface area contributed by atoms with Crippen LogP contribution in [0.3, 0.4) is 0 Å². The fourth-order valence-corrected chi connectivity index (χ4v) is 2.82. The monoisotopic (exact) mass is 265 g/mol. The van der Waals surface area contributed by atoms with Gasteiger partial charge in [-0.05, 0) is 56.3 Å². The van der Waals surface area contributed by atoms with Crippen molar-refractivity contribution in [3.05, 3.63) is 29.6 Å². The molecule has 3 atom stereocenters. The van der Waals surface area contributed by atoms with E-state index in [0.29, 0.717) is 17.7 Å². The zero-order valence-electron chi connectivity index (χ0n) is 12.1. The van der Waals surface area contributed by atoms with Gasteiger partial charge < -0.3 is 10.1 Å². The van der Waals surface area contributed by atoms with E-state index in [2.05, 4.69) is 19.2 Å². The molecule has 0 radical (unpaired) electrons. The molecule has 0 spiro atoms. The van der Waals surface area contributed by atoms with Gasteiger partial charge in [0.05, 0.1) is 0 Å². The standard InChI is InChI=1S/C16H24FNO/c1-4-18-14-8-6-12(3)10-16(14)19-15-9-11(2)5-7-13(15)17/h5,7,9,12,14,16,18H,4,6,8,10H2,1-3H3. The second-order valence-electron chi connectivity index (χ2n) is 5.67. The fourth-order valence-electron chi connectivity index (χ4n) is 2.82. The number of rotatable bonds is 4. The Morgan fingerprint density at radius 3 is 2.89 bits per heavy atom. The van der Waals surface area contributed by atoms with Gasteiger partial charge in [-0.15, -0.1) is 0 Å². The van der Waals surface area contributed by atoms with Crippen LogP contribution < -0.4 is 10.1 Å². The smallest absolute Gasteiger partial charge is 0.165 e. The van der Waals surface area contributed by atoms with Gasteiger partial charge in [-0.3, -0.25) is 0 Å². The molecule has 2 rings (SSSR count). The molecule has 2 nitrogen and oxygen atoms in total. The average molecular weight is 265 g/mol. The van der Waals surface area contributed by atoms with Crippen LogP contribution in [0.1, 0.15) is 38.7 Å². The molecular formula is C16H24FNO. The number of halogens is 1. The summed E-state index contributed by atoms with van der Waals surface area (Å²) >= 11 is 0. The summed E-state index contributed by atoms with van der Waals surface area (Å²) in [5.74, 6) is 0.772. The summed E-state index contributed by atoms with van der Waals surface area (Å²) in [4.78, 5) is 0. The van der Waals surface area contributed by atoms with Crippen molar-refractivity contribution in [3.8, 4) is 5.75 Å². The second-order valence-corrected chi connectivity index (χ2v) is 5.67. The van der Waals surface area contributed by atoms with Crippen LogP contribution in [0.5, 0.6) is 5.75 Å². The highest BCUT2D eigenvalue weighted by Gasteiger charge is 2.30. The lowest BCUT2D eigenvalue weighted by atomic mass is 9.85. The predicted molar refractivity (Wildman–Crippen MR) is 76.0 cm³/mol. The molecule has 0 aliphatic heterocycles. The number of likely N-dealkylation sites (N-methyl/N-ethyl adjacent to an activating group) is 1. The molecule has 19 heavy (non-hydrogen) atoms. The number of aryl methyl sites for hydroxylation is 1. The largest absolute Gasteiger partial charge is 0.486 e. The van der Waals surface area contributed by atoms with Crippen LogP contribution in [-0.2, 0) is 0 Å². The zero-order chi connectivity index (χ0) is 13.8. The van der Waals surface area contributed by atoms with Gasteiger partial charge in [0.25, 0.3) is 0 Å². The van der Waals surface area contributed by atoms with Crippen molar-refractivity contribution < 1.29 is 9.13 Å². The number of hydrogen-bond donors (Lipinski definition) is 1. The van der Waals surface area contributed by atoms with E-state index in [4.69, 9.17) is 4.74 Å². The highest BCUT2D eigenvalue weighted by molar-refractivity contribution is 5.29. The summed E-state index contributed by atoms with van der Waals surface area (Å²) in [7, 11) is 0. The maximum Gasteiger partial charge on any atom is 0.165 e. The highest BCUT2D eigenvalue weighted by atomic mass is 19.1. The van der Waals surface area contributed by atoms with Crippen molar-refractivity contribution >= 4 is 0 Å². The van der Waals surface area contributed by atoms with Crippen LogP contribution in [-0.4, -0.2) is 18.7 Å². The first-order valence-corrected chi connectivity index (χ1v) is 7.26. The van der Waals surface area contributed by atoms with Gasteiger partial charge in [-0.2, -0.15) is 0 Å². The summed E-state index contributed by atoms with van der Waals surface area (Å²) in [5, 5.41) is 3.46. The maximum absolute atomic E-state index is 13.8. The first-order valence-electron chi connectivity index (χ1n) is 7.26. The Balaban J connectivity index is 2.11. The number of hydrogen-bond acceptors (Lipinski definition) is 2. The Hall–Kier alpha value is -1.09. The summed E-state index contributed by atoms with van der Waals surface area (Å²) in [6.07, 6.45) is 3.38. The minimum atomic E-state index is -0.265. The van der Waals surface area contributed by atoms with Crippen molar-refractivity contribution in [2.24, 2.45) is 5.92 Å². The molecule has 0 aromatic heterocycles. The average Bonchev–Trinajstić information content (AvgIpc) is 2.37. The van der Waals surface area contributed by atoms with Crippen molar-refractivity contribution in [2.45, 2.75) is 52.2 Å². The van der Waals surface area contributed by atoms with Gasteiger partial charge in [-0.25, -0.2) is 4.39 Å². The summed E-state index contributed by atoms with van der Waals surface area (Å²) in [6, 6.07) is 5.38. The second kappa shape index (κ2) is 6.38. The van der Waals surface area contributed by atoms with Crippen LogP contribution in [0.4, 0.5) is 4.39 Å². The summed E-state index contributed by atoms with van der Waals surface area (Å²) in [5.41, 5.74) is 1.03. The van der Waals surface area contributed by atoms with E-state index in [9.17, 15) is 4.39 Å². The topological polar surface area (TPSA) is 21.3 Å². The number of nitrogens with one attached hydrogen (secondary N) is 1. The Bertz CT molecular complexity index is 421. The molecule has 1 N–H and O–H groups in total. The molecule has 0 saturated heterocycles. The lowest BCUT2D eigenvalue weighted by Crippen LogP contribution is -2.46. The van der Waals surface area contributed by atoms with Crippen LogP contribution >= 0.6 is 0 Å². The summed E-state index contributed by atoms with van der Waals surface area (Å²) < 4.78 is 19.8. The number of benzene rings is 1. The van der Waals surface area contributed by atoms with E-state index >= 15 is 0 Å². The van der Waals surface area contributed by atoms with E-state index < -0.39 is 0 Å².